The number of aromatic hydroxyl groups is 1. The molecule has 0 fully saturated rings. The van der Waals surface area contributed by atoms with Gasteiger partial charge in [0, 0.05) is 14.2 Å². The second-order valence-electron chi connectivity index (χ2n) is 2.39. The summed E-state index contributed by atoms with van der Waals surface area (Å²) in [5, 5.41) is 10.0. The minimum Gasteiger partial charge on any atom is -0.508 e. The van der Waals surface area contributed by atoms with Crippen molar-refractivity contribution in [2.24, 2.45) is 0 Å². The summed E-state index contributed by atoms with van der Waals surface area (Å²) >= 11 is 0. The van der Waals surface area contributed by atoms with Crippen LogP contribution >= 0.6 is 0 Å². The smallest absolute Gasteiger partial charge is 0.355 e. The van der Waals surface area contributed by atoms with Gasteiger partial charge in [-0.05, 0) is 17.3 Å². The van der Waals surface area contributed by atoms with E-state index in [0.29, 0.717) is 0 Å². The second-order valence-corrected chi connectivity index (χ2v) is 4.67. The van der Waals surface area contributed by atoms with E-state index in [1.165, 1.54) is 0 Å². The van der Waals surface area contributed by atoms with E-state index in [1.807, 2.05) is 12.1 Å². The zero-order chi connectivity index (χ0) is 8.97. The first-order chi connectivity index (χ1) is 5.77. The highest BCUT2D eigenvalue weighted by Crippen LogP contribution is 2.03. The molecule has 0 heterocycles. The van der Waals surface area contributed by atoms with E-state index in [0.717, 1.165) is 5.19 Å². The van der Waals surface area contributed by atoms with Gasteiger partial charge < -0.3 is 14.0 Å². The normalized spacial score (nSPS) is 10.6. The van der Waals surface area contributed by atoms with Crippen LogP contribution < -0.4 is 5.19 Å². The number of hydrogen-bond acceptors (Lipinski definition) is 3. The van der Waals surface area contributed by atoms with E-state index in [9.17, 15) is 0 Å². The molecule has 1 rings (SSSR count). The third-order valence-electron chi connectivity index (χ3n) is 1.59. The van der Waals surface area contributed by atoms with Gasteiger partial charge in [0.1, 0.15) is 5.75 Å². The van der Waals surface area contributed by atoms with Crippen LogP contribution in [0.5, 0.6) is 5.75 Å². The van der Waals surface area contributed by atoms with Crippen molar-refractivity contribution in [3.8, 4) is 5.75 Å². The number of benzene rings is 1. The summed E-state index contributed by atoms with van der Waals surface area (Å²) in [5.41, 5.74) is 0. The topological polar surface area (TPSA) is 38.7 Å². The first-order valence-electron chi connectivity index (χ1n) is 3.62. The molecule has 0 bridgehead atoms. The van der Waals surface area contributed by atoms with Crippen LogP contribution in [0.2, 0.25) is 0 Å². The fourth-order valence-electron chi connectivity index (χ4n) is 1.000. The van der Waals surface area contributed by atoms with E-state index >= 15 is 0 Å². The van der Waals surface area contributed by atoms with Gasteiger partial charge in [-0.1, -0.05) is 12.1 Å². The molecule has 1 N–H and O–H groups in total. The van der Waals surface area contributed by atoms with Gasteiger partial charge in [-0.15, -0.1) is 0 Å². The van der Waals surface area contributed by atoms with Gasteiger partial charge >= 0.3 is 9.28 Å². The summed E-state index contributed by atoms with van der Waals surface area (Å²) < 4.78 is 10.3. The summed E-state index contributed by atoms with van der Waals surface area (Å²) in [6.45, 7) is 0. The molecule has 0 saturated carbocycles. The molecular formula is C8H12O3Si. The van der Waals surface area contributed by atoms with Crippen LogP contribution in [0.3, 0.4) is 0 Å². The van der Waals surface area contributed by atoms with Crippen LogP contribution in [0, 0.1) is 0 Å². The zero-order valence-corrected chi connectivity index (χ0v) is 8.31. The van der Waals surface area contributed by atoms with Gasteiger partial charge in [-0.25, -0.2) is 0 Å². The standard InChI is InChI=1S/C8H12O3Si/c1-10-12(11-2)8-5-3-7(9)4-6-8/h3-6,9,12H,1-2H3. The van der Waals surface area contributed by atoms with Crippen LogP contribution in [0.1, 0.15) is 0 Å². The molecule has 12 heavy (non-hydrogen) atoms. The van der Waals surface area contributed by atoms with Crippen molar-refractivity contribution in [3.05, 3.63) is 24.3 Å². The summed E-state index contributed by atoms with van der Waals surface area (Å²) in [7, 11) is 1.58. The van der Waals surface area contributed by atoms with Crippen molar-refractivity contribution < 1.29 is 14.0 Å². The van der Waals surface area contributed by atoms with Gasteiger partial charge in [-0.2, -0.15) is 0 Å². The van der Waals surface area contributed by atoms with E-state index in [2.05, 4.69) is 0 Å². The Balaban J connectivity index is 2.80. The molecule has 1 aromatic rings. The molecular weight excluding hydrogens is 172 g/mol. The monoisotopic (exact) mass is 184 g/mol. The van der Waals surface area contributed by atoms with E-state index in [1.54, 1.807) is 26.4 Å². The van der Waals surface area contributed by atoms with Gasteiger partial charge in [-0.3, -0.25) is 0 Å². The second kappa shape index (κ2) is 4.25. The Bertz CT molecular complexity index is 231. The fourth-order valence-corrected chi connectivity index (χ4v) is 2.24. The van der Waals surface area contributed by atoms with Gasteiger partial charge in [0.2, 0.25) is 0 Å². The molecule has 3 nitrogen and oxygen atoms in total. The Morgan fingerprint density at radius 1 is 1.08 bits per heavy atom. The molecule has 0 unspecified atom stereocenters. The molecule has 0 aliphatic rings. The van der Waals surface area contributed by atoms with E-state index in [4.69, 9.17) is 14.0 Å². The minimum atomic E-state index is -1.68. The predicted octanol–water partition coefficient (Wildman–Crippen LogP) is 0.112. The molecule has 66 valence electrons. The SMILES string of the molecule is CO[SiH](OC)c1ccc(O)cc1. The van der Waals surface area contributed by atoms with Crippen molar-refractivity contribution in [1.82, 2.24) is 0 Å². The maximum absolute atomic E-state index is 9.02. The predicted molar refractivity (Wildman–Crippen MR) is 48.9 cm³/mol. The molecule has 0 aliphatic carbocycles. The number of phenolic OH excluding ortho intramolecular Hbond substituents is 1. The summed E-state index contributed by atoms with van der Waals surface area (Å²) in [6, 6.07) is 6.90. The number of hydrogen-bond donors (Lipinski definition) is 1. The Hall–Kier alpha value is -0.843. The quantitative estimate of drug-likeness (QED) is 0.678. The maximum atomic E-state index is 9.02. The zero-order valence-electron chi connectivity index (χ0n) is 7.15. The fraction of sp³-hybridized carbons (Fsp3) is 0.250. The number of phenols is 1. The van der Waals surface area contributed by atoms with Gasteiger partial charge in [0.25, 0.3) is 0 Å². The highest BCUT2D eigenvalue weighted by molar-refractivity contribution is 6.61. The molecule has 0 amide bonds. The first kappa shape index (κ1) is 9.25. The maximum Gasteiger partial charge on any atom is 0.355 e. The Morgan fingerprint density at radius 3 is 2.00 bits per heavy atom. The Kier molecular flexibility index (Phi) is 3.27. The third kappa shape index (κ3) is 2.07. The Labute approximate surface area is 73.4 Å². The average Bonchev–Trinajstić information content (AvgIpc) is 2.10. The molecule has 0 spiro atoms. The van der Waals surface area contributed by atoms with Crippen molar-refractivity contribution in [2.75, 3.05) is 14.2 Å². The van der Waals surface area contributed by atoms with Crippen LogP contribution in [0.4, 0.5) is 0 Å². The molecule has 0 aliphatic heterocycles. The van der Waals surface area contributed by atoms with E-state index in [-0.39, 0.29) is 5.75 Å². The lowest BCUT2D eigenvalue weighted by molar-refractivity contribution is 0.292. The summed E-state index contributed by atoms with van der Waals surface area (Å²) in [6.07, 6.45) is 0. The largest absolute Gasteiger partial charge is 0.508 e. The molecule has 0 radical (unpaired) electrons. The van der Waals surface area contributed by atoms with Crippen LogP contribution in [0.25, 0.3) is 0 Å². The van der Waals surface area contributed by atoms with Crippen molar-refractivity contribution in [1.29, 1.82) is 0 Å². The molecule has 4 heteroatoms. The van der Waals surface area contributed by atoms with Crippen LogP contribution in [0.15, 0.2) is 24.3 Å². The van der Waals surface area contributed by atoms with Gasteiger partial charge in [0.05, 0.1) is 0 Å². The lowest BCUT2D eigenvalue weighted by Gasteiger charge is -2.10. The average molecular weight is 184 g/mol. The Morgan fingerprint density at radius 2 is 1.58 bits per heavy atom. The molecule has 0 aromatic heterocycles. The van der Waals surface area contributed by atoms with Crippen molar-refractivity contribution in [3.63, 3.8) is 0 Å². The van der Waals surface area contributed by atoms with Crippen LogP contribution in [-0.2, 0) is 8.85 Å². The highest BCUT2D eigenvalue weighted by Gasteiger charge is 2.11. The highest BCUT2D eigenvalue weighted by atomic mass is 28.3. The molecule has 1 aromatic carbocycles. The van der Waals surface area contributed by atoms with Gasteiger partial charge in [0.15, 0.2) is 0 Å². The lowest BCUT2D eigenvalue weighted by atomic mass is 10.3. The third-order valence-corrected chi connectivity index (χ3v) is 3.38. The first-order valence-corrected chi connectivity index (χ1v) is 5.14. The summed E-state index contributed by atoms with van der Waals surface area (Å²) in [4.78, 5) is 0. The van der Waals surface area contributed by atoms with Crippen molar-refractivity contribution in [2.45, 2.75) is 0 Å². The number of rotatable bonds is 3. The van der Waals surface area contributed by atoms with E-state index < -0.39 is 9.28 Å². The lowest BCUT2D eigenvalue weighted by Crippen LogP contribution is -2.34. The van der Waals surface area contributed by atoms with Crippen LogP contribution in [-0.4, -0.2) is 28.6 Å². The molecule has 0 atom stereocenters. The summed E-state index contributed by atoms with van der Waals surface area (Å²) in [5.74, 6) is 0.263. The minimum absolute atomic E-state index is 0.263. The molecule has 0 saturated heterocycles. The van der Waals surface area contributed by atoms with Crippen molar-refractivity contribution >= 4 is 14.5 Å².